The number of phenols is 1. The SMILES string of the molecule is CC(=O)Oc1cccc(O)c1C(C)(C)C. The lowest BCUT2D eigenvalue weighted by Crippen LogP contribution is -2.15. The Labute approximate surface area is 89.7 Å². The molecule has 15 heavy (non-hydrogen) atoms. The van der Waals surface area contributed by atoms with Crippen molar-refractivity contribution in [3.8, 4) is 11.5 Å². The Morgan fingerprint density at radius 3 is 2.40 bits per heavy atom. The molecule has 0 spiro atoms. The van der Waals surface area contributed by atoms with Gasteiger partial charge >= 0.3 is 5.97 Å². The van der Waals surface area contributed by atoms with Crippen LogP contribution in [0.15, 0.2) is 18.2 Å². The molecule has 1 aromatic rings. The van der Waals surface area contributed by atoms with Crippen LogP contribution >= 0.6 is 0 Å². The van der Waals surface area contributed by atoms with Gasteiger partial charge in [0.05, 0.1) is 0 Å². The molecule has 0 saturated carbocycles. The van der Waals surface area contributed by atoms with Crippen LogP contribution in [0.2, 0.25) is 0 Å². The highest BCUT2D eigenvalue weighted by Gasteiger charge is 2.23. The topological polar surface area (TPSA) is 46.5 Å². The summed E-state index contributed by atoms with van der Waals surface area (Å²) in [6.07, 6.45) is 0. The van der Waals surface area contributed by atoms with Gasteiger partial charge in [-0.3, -0.25) is 4.79 Å². The van der Waals surface area contributed by atoms with Crippen LogP contribution in [0.3, 0.4) is 0 Å². The minimum absolute atomic E-state index is 0.154. The summed E-state index contributed by atoms with van der Waals surface area (Å²) in [4.78, 5) is 10.9. The second kappa shape index (κ2) is 3.93. The first kappa shape index (κ1) is 11.6. The highest BCUT2D eigenvalue weighted by Crippen LogP contribution is 2.37. The van der Waals surface area contributed by atoms with Crippen LogP contribution < -0.4 is 4.74 Å². The zero-order chi connectivity index (χ0) is 11.6. The third kappa shape index (κ3) is 2.72. The van der Waals surface area contributed by atoms with Crippen LogP contribution in [0.25, 0.3) is 0 Å². The van der Waals surface area contributed by atoms with Gasteiger partial charge < -0.3 is 9.84 Å². The molecule has 0 atom stereocenters. The zero-order valence-corrected chi connectivity index (χ0v) is 9.50. The van der Waals surface area contributed by atoms with E-state index in [-0.39, 0.29) is 17.1 Å². The van der Waals surface area contributed by atoms with Gasteiger partial charge in [0.15, 0.2) is 0 Å². The van der Waals surface area contributed by atoms with Crippen molar-refractivity contribution in [2.45, 2.75) is 33.1 Å². The number of phenolic OH excluding ortho intramolecular Hbond substituents is 1. The molecule has 0 saturated heterocycles. The summed E-state index contributed by atoms with van der Waals surface area (Å²) in [6, 6.07) is 4.93. The van der Waals surface area contributed by atoms with Gasteiger partial charge in [0.1, 0.15) is 11.5 Å². The molecule has 3 nitrogen and oxygen atoms in total. The Morgan fingerprint density at radius 2 is 1.93 bits per heavy atom. The molecule has 0 aromatic heterocycles. The van der Waals surface area contributed by atoms with Crippen LogP contribution in [0, 0.1) is 0 Å². The van der Waals surface area contributed by atoms with E-state index >= 15 is 0 Å². The van der Waals surface area contributed by atoms with E-state index < -0.39 is 0 Å². The van der Waals surface area contributed by atoms with Crippen LogP contribution in [0.4, 0.5) is 0 Å². The summed E-state index contributed by atoms with van der Waals surface area (Å²) in [5.74, 6) is 0.197. The van der Waals surface area contributed by atoms with E-state index in [0.717, 1.165) is 0 Å². The predicted molar refractivity (Wildman–Crippen MR) is 58.1 cm³/mol. The fraction of sp³-hybridized carbons (Fsp3) is 0.417. The van der Waals surface area contributed by atoms with E-state index in [9.17, 15) is 9.90 Å². The van der Waals surface area contributed by atoms with E-state index in [4.69, 9.17) is 4.74 Å². The van der Waals surface area contributed by atoms with Crippen LogP contribution in [-0.2, 0) is 10.2 Å². The van der Waals surface area contributed by atoms with Crippen molar-refractivity contribution in [3.63, 3.8) is 0 Å². The molecular weight excluding hydrogens is 192 g/mol. The van der Waals surface area contributed by atoms with Crippen LogP contribution in [0.1, 0.15) is 33.3 Å². The average Bonchev–Trinajstić information content (AvgIpc) is 1.99. The minimum atomic E-state index is -0.383. The summed E-state index contributed by atoms with van der Waals surface area (Å²) in [7, 11) is 0. The Morgan fingerprint density at radius 1 is 1.33 bits per heavy atom. The fourth-order valence-electron chi connectivity index (χ4n) is 1.51. The number of hydrogen-bond donors (Lipinski definition) is 1. The third-order valence-corrected chi connectivity index (χ3v) is 2.01. The highest BCUT2D eigenvalue weighted by atomic mass is 16.5. The van der Waals surface area contributed by atoms with Crippen molar-refractivity contribution in [1.82, 2.24) is 0 Å². The standard InChI is InChI=1S/C12H16O3/c1-8(13)15-10-7-5-6-9(14)11(10)12(2,3)4/h5-7,14H,1-4H3. The first-order valence-electron chi connectivity index (χ1n) is 4.83. The van der Waals surface area contributed by atoms with Gasteiger partial charge in [0.2, 0.25) is 0 Å². The number of rotatable bonds is 1. The molecule has 0 bridgehead atoms. The molecule has 3 heteroatoms. The number of ether oxygens (including phenoxy) is 1. The van der Waals surface area contributed by atoms with Crippen molar-refractivity contribution in [1.29, 1.82) is 0 Å². The van der Waals surface area contributed by atoms with Crippen molar-refractivity contribution in [2.24, 2.45) is 0 Å². The van der Waals surface area contributed by atoms with Gasteiger partial charge in [0.25, 0.3) is 0 Å². The summed E-state index contributed by atoms with van der Waals surface area (Å²) in [5, 5.41) is 9.75. The second-order valence-electron chi connectivity index (χ2n) is 4.49. The first-order valence-corrected chi connectivity index (χ1v) is 4.83. The minimum Gasteiger partial charge on any atom is -0.508 e. The number of carbonyl (C=O) groups excluding carboxylic acids is 1. The molecule has 1 N–H and O–H groups in total. The summed E-state index contributed by atoms with van der Waals surface area (Å²) in [5.41, 5.74) is 0.385. The van der Waals surface area contributed by atoms with E-state index in [1.54, 1.807) is 18.2 Å². The molecule has 0 unspecified atom stereocenters. The lowest BCUT2D eigenvalue weighted by atomic mass is 9.85. The number of carbonyl (C=O) groups is 1. The Kier molecular flexibility index (Phi) is 3.03. The summed E-state index contributed by atoms with van der Waals surface area (Å²) < 4.78 is 5.05. The van der Waals surface area contributed by atoms with Gasteiger partial charge in [-0.05, 0) is 17.5 Å². The fourth-order valence-corrected chi connectivity index (χ4v) is 1.51. The smallest absolute Gasteiger partial charge is 0.308 e. The predicted octanol–water partition coefficient (Wildman–Crippen LogP) is 2.62. The molecule has 0 aliphatic heterocycles. The molecule has 0 fully saturated rings. The number of esters is 1. The monoisotopic (exact) mass is 208 g/mol. The number of hydrogen-bond acceptors (Lipinski definition) is 3. The Bertz CT molecular complexity index is 375. The molecule has 1 aromatic carbocycles. The molecule has 0 aliphatic carbocycles. The van der Waals surface area contributed by atoms with E-state index in [1.165, 1.54) is 6.92 Å². The zero-order valence-electron chi connectivity index (χ0n) is 9.50. The van der Waals surface area contributed by atoms with Crippen LogP contribution in [0.5, 0.6) is 11.5 Å². The van der Waals surface area contributed by atoms with Crippen molar-refractivity contribution in [2.75, 3.05) is 0 Å². The lowest BCUT2D eigenvalue weighted by molar-refractivity contribution is -0.131. The normalized spacial score (nSPS) is 11.2. The Hall–Kier alpha value is -1.51. The third-order valence-electron chi connectivity index (χ3n) is 2.01. The number of benzene rings is 1. The second-order valence-corrected chi connectivity index (χ2v) is 4.49. The van der Waals surface area contributed by atoms with Gasteiger partial charge in [0, 0.05) is 12.5 Å². The molecule has 1 rings (SSSR count). The first-order chi connectivity index (χ1) is 6.82. The molecule has 0 heterocycles. The largest absolute Gasteiger partial charge is 0.508 e. The van der Waals surface area contributed by atoms with Gasteiger partial charge in [-0.1, -0.05) is 26.8 Å². The quantitative estimate of drug-likeness (QED) is 0.570. The van der Waals surface area contributed by atoms with E-state index in [2.05, 4.69) is 0 Å². The maximum absolute atomic E-state index is 10.9. The van der Waals surface area contributed by atoms with Gasteiger partial charge in [-0.25, -0.2) is 0 Å². The van der Waals surface area contributed by atoms with Gasteiger partial charge in [-0.2, -0.15) is 0 Å². The number of aromatic hydroxyl groups is 1. The van der Waals surface area contributed by atoms with E-state index in [1.807, 2.05) is 20.8 Å². The van der Waals surface area contributed by atoms with Crippen LogP contribution in [-0.4, -0.2) is 11.1 Å². The summed E-state index contributed by atoms with van der Waals surface area (Å²) in [6.45, 7) is 7.20. The lowest BCUT2D eigenvalue weighted by Gasteiger charge is -2.22. The maximum Gasteiger partial charge on any atom is 0.308 e. The summed E-state index contributed by atoms with van der Waals surface area (Å²) >= 11 is 0. The van der Waals surface area contributed by atoms with Crippen molar-refractivity contribution >= 4 is 5.97 Å². The Balaban J connectivity index is 3.27. The molecule has 0 aliphatic rings. The molecule has 82 valence electrons. The molecule has 0 radical (unpaired) electrons. The maximum atomic E-state index is 10.9. The molecule has 0 amide bonds. The molecular formula is C12H16O3. The average molecular weight is 208 g/mol. The highest BCUT2D eigenvalue weighted by molar-refractivity contribution is 5.70. The van der Waals surface area contributed by atoms with Crippen molar-refractivity contribution < 1.29 is 14.6 Å². The van der Waals surface area contributed by atoms with Crippen molar-refractivity contribution in [3.05, 3.63) is 23.8 Å². The van der Waals surface area contributed by atoms with E-state index in [0.29, 0.717) is 11.3 Å². The van der Waals surface area contributed by atoms with Gasteiger partial charge in [-0.15, -0.1) is 0 Å².